The Bertz CT molecular complexity index is 1170. The number of rotatable bonds is 7. The number of carboxylic acid groups (broad SMARTS) is 1. The third-order valence-corrected chi connectivity index (χ3v) is 5.69. The first-order valence-electron chi connectivity index (χ1n) is 10.1. The van der Waals surface area contributed by atoms with Crippen molar-refractivity contribution in [1.29, 1.82) is 0 Å². The molecule has 6 nitrogen and oxygen atoms in total. The lowest BCUT2D eigenvalue weighted by molar-refractivity contribution is -0.139. The molecule has 0 heterocycles. The molecule has 0 spiro atoms. The van der Waals surface area contributed by atoms with E-state index in [1.807, 2.05) is 24.3 Å². The minimum absolute atomic E-state index is 0.0320. The van der Waals surface area contributed by atoms with E-state index in [9.17, 15) is 19.5 Å². The number of carboxylic acids is 1. The van der Waals surface area contributed by atoms with Crippen LogP contribution in [-0.4, -0.2) is 47.9 Å². The molecule has 1 atom stereocenters. The van der Waals surface area contributed by atoms with Crippen LogP contribution in [0.3, 0.4) is 0 Å². The van der Waals surface area contributed by atoms with Gasteiger partial charge in [0.2, 0.25) is 0 Å². The van der Waals surface area contributed by atoms with Crippen LogP contribution in [0.2, 0.25) is 10.0 Å². The predicted molar refractivity (Wildman–Crippen MR) is 129 cm³/mol. The van der Waals surface area contributed by atoms with Crippen molar-refractivity contribution in [2.75, 3.05) is 14.1 Å². The van der Waals surface area contributed by atoms with E-state index in [4.69, 9.17) is 23.2 Å². The van der Waals surface area contributed by atoms with Crippen LogP contribution in [-0.2, 0) is 11.2 Å². The highest BCUT2D eigenvalue weighted by molar-refractivity contribution is 6.39. The van der Waals surface area contributed by atoms with Crippen molar-refractivity contribution in [2.45, 2.75) is 12.5 Å². The molecular weight excluding hydrogens is 463 g/mol. The van der Waals surface area contributed by atoms with E-state index in [-0.39, 0.29) is 27.9 Å². The van der Waals surface area contributed by atoms with Crippen molar-refractivity contribution in [3.05, 3.63) is 93.5 Å². The van der Waals surface area contributed by atoms with E-state index < -0.39 is 17.9 Å². The Balaban J connectivity index is 1.80. The van der Waals surface area contributed by atoms with Crippen LogP contribution in [0.4, 0.5) is 0 Å². The van der Waals surface area contributed by atoms with Crippen LogP contribution in [0.1, 0.15) is 26.3 Å². The third kappa shape index (κ3) is 5.72. The van der Waals surface area contributed by atoms with Gasteiger partial charge in [-0.3, -0.25) is 9.59 Å². The van der Waals surface area contributed by atoms with Gasteiger partial charge in [0.05, 0.1) is 15.6 Å². The number of amides is 2. The number of nitrogens with one attached hydrogen (secondary N) is 1. The fourth-order valence-electron chi connectivity index (χ4n) is 3.36. The largest absolute Gasteiger partial charge is 0.480 e. The first-order chi connectivity index (χ1) is 15.7. The van der Waals surface area contributed by atoms with Crippen LogP contribution >= 0.6 is 23.2 Å². The highest BCUT2D eigenvalue weighted by Crippen LogP contribution is 2.26. The van der Waals surface area contributed by atoms with Gasteiger partial charge in [-0.05, 0) is 34.9 Å². The van der Waals surface area contributed by atoms with Crippen molar-refractivity contribution < 1.29 is 19.5 Å². The summed E-state index contributed by atoms with van der Waals surface area (Å²) in [7, 11) is 3.39. The number of hydrogen-bond donors (Lipinski definition) is 2. The molecular formula is C25H22Cl2N2O4. The molecule has 0 aliphatic carbocycles. The van der Waals surface area contributed by atoms with E-state index in [0.717, 1.165) is 11.1 Å². The fraction of sp³-hybridized carbons (Fsp3) is 0.160. The van der Waals surface area contributed by atoms with Gasteiger partial charge < -0.3 is 15.3 Å². The van der Waals surface area contributed by atoms with Crippen molar-refractivity contribution in [1.82, 2.24) is 10.2 Å². The third-order valence-electron chi connectivity index (χ3n) is 5.06. The molecule has 2 N–H and O–H groups in total. The first kappa shape index (κ1) is 24.3. The minimum atomic E-state index is -1.18. The number of carbonyl (C=O) groups excluding carboxylic acids is 2. The second-order valence-electron chi connectivity index (χ2n) is 7.61. The summed E-state index contributed by atoms with van der Waals surface area (Å²) in [6, 6.07) is 17.9. The number of nitrogens with zero attached hydrogens (tertiary/aromatic N) is 1. The Morgan fingerprint density at radius 3 is 2.09 bits per heavy atom. The van der Waals surface area contributed by atoms with Gasteiger partial charge in [0.1, 0.15) is 6.04 Å². The van der Waals surface area contributed by atoms with Gasteiger partial charge >= 0.3 is 5.97 Å². The Kier molecular flexibility index (Phi) is 7.74. The summed E-state index contributed by atoms with van der Waals surface area (Å²) in [5, 5.41) is 12.4. The van der Waals surface area contributed by atoms with Crippen LogP contribution in [0.25, 0.3) is 11.1 Å². The van der Waals surface area contributed by atoms with E-state index in [2.05, 4.69) is 5.32 Å². The molecule has 0 fully saturated rings. The summed E-state index contributed by atoms with van der Waals surface area (Å²) in [6.07, 6.45) is 0.0572. The molecule has 0 saturated heterocycles. The lowest BCUT2D eigenvalue weighted by Crippen LogP contribution is -2.42. The molecule has 0 aromatic heterocycles. The second-order valence-corrected chi connectivity index (χ2v) is 8.42. The van der Waals surface area contributed by atoms with Crippen molar-refractivity contribution in [2.24, 2.45) is 0 Å². The molecule has 3 aromatic rings. The van der Waals surface area contributed by atoms with E-state index in [1.54, 1.807) is 44.4 Å². The number of carbonyl (C=O) groups is 3. The molecule has 0 radical (unpaired) electrons. The van der Waals surface area contributed by atoms with Crippen LogP contribution in [0.5, 0.6) is 0 Å². The zero-order chi connectivity index (χ0) is 24.1. The lowest BCUT2D eigenvalue weighted by atomic mass is 9.96. The molecule has 170 valence electrons. The summed E-state index contributed by atoms with van der Waals surface area (Å²) in [6.45, 7) is 0. The number of benzene rings is 3. The summed E-state index contributed by atoms with van der Waals surface area (Å²) in [4.78, 5) is 38.4. The SMILES string of the molecule is CN(C)C(=O)c1ccccc1-c1ccc(C[C@H](NC(=O)c2c(Cl)cccc2Cl)C(=O)O)cc1. The molecule has 8 heteroatoms. The Morgan fingerprint density at radius 2 is 1.52 bits per heavy atom. The van der Waals surface area contributed by atoms with Gasteiger partial charge in [0.25, 0.3) is 11.8 Å². The van der Waals surface area contributed by atoms with Gasteiger partial charge in [-0.25, -0.2) is 4.79 Å². The summed E-state index contributed by atoms with van der Waals surface area (Å²) < 4.78 is 0. The van der Waals surface area contributed by atoms with Gasteiger partial charge in [-0.1, -0.05) is 71.7 Å². The Morgan fingerprint density at radius 1 is 0.909 bits per heavy atom. The molecule has 0 unspecified atom stereocenters. The quantitative estimate of drug-likeness (QED) is 0.504. The maximum absolute atomic E-state index is 12.6. The molecule has 2 amide bonds. The van der Waals surface area contributed by atoms with E-state index in [0.29, 0.717) is 11.1 Å². The number of halogens is 2. The Labute approximate surface area is 201 Å². The average Bonchev–Trinajstić information content (AvgIpc) is 2.78. The highest BCUT2D eigenvalue weighted by Gasteiger charge is 2.24. The topological polar surface area (TPSA) is 86.7 Å². The molecule has 0 aliphatic heterocycles. The average molecular weight is 485 g/mol. The normalized spacial score (nSPS) is 11.5. The first-order valence-corrected chi connectivity index (χ1v) is 10.8. The molecule has 0 aliphatic rings. The van der Waals surface area contributed by atoms with Crippen molar-refractivity contribution in [3.8, 4) is 11.1 Å². The highest BCUT2D eigenvalue weighted by atomic mass is 35.5. The monoisotopic (exact) mass is 484 g/mol. The van der Waals surface area contributed by atoms with Gasteiger partial charge in [0, 0.05) is 26.1 Å². The summed E-state index contributed by atoms with van der Waals surface area (Å²) in [5.74, 6) is -1.95. The molecule has 3 rings (SSSR count). The lowest BCUT2D eigenvalue weighted by Gasteiger charge is -2.17. The van der Waals surface area contributed by atoms with E-state index >= 15 is 0 Å². The molecule has 0 saturated carbocycles. The number of hydrogen-bond acceptors (Lipinski definition) is 3. The van der Waals surface area contributed by atoms with Crippen LogP contribution < -0.4 is 5.32 Å². The summed E-state index contributed by atoms with van der Waals surface area (Å²) >= 11 is 12.1. The van der Waals surface area contributed by atoms with E-state index in [1.165, 1.54) is 17.0 Å². The molecule has 0 bridgehead atoms. The fourth-order valence-corrected chi connectivity index (χ4v) is 3.93. The zero-order valence-corrected chi connectivity index (χ0v) is 19.5. The van der Waals surface area contributed by atoms with Gasteiger partial charge in [-0.15, -0.1) is 0 Å². The standard InChI is InChI=1S/C25H22Cl2N2O4/c1-29(2)24(31)18-7-4-3-6-17(18)16-12-10-15(11-13-16)14-21(25(32)33)28-23(30)22-19(26)8-5-9-20(22)27/h3-13,21H,14H2,1-2H3,(H,28,30)(H,32,33)/t21-/m0/s1. The summed E-state index contributed by atoms with van der Waals surface area (Å²) in [5.41, 5.74) is 2.91. The Hall–Kier alpha value is -3.35. The van der Waals surface area contributed by atoms with Crippen LogP contribution in [0.15, 0.2) is 66.7 Å². The van der Waals surface area contributed by atoms with Gasteiger partial charge in [-0.2, -0.15) is 0 Å². The van der Waals surface area contributed by atoms with Gasteiger partial charge in [0.15, 0.2) is 0 Å². The molecule has 3 aromatic carbocycles. The number of aliphatic carboxylic acids is 1. The van der Waals surface area contributed by atoms with Crippen LogP contribution in [0, 0.1) is 0 Å². The molecule has 33 heavy (non-hydrogen) atoms. The zero-order valence-electron chi connectivity index (χ0n) is 18.0. The minimum Gasteiger partial charge on any atom is -0.480 e. The predicted octanol–water partition coefficient (Wildman–Crippen LogP) is 4.79. The van der Waals surface area contributed by atoms with Crippen molar-refractivity contribution in [3.63, 3.8) is 0 Å². The maximum Gasteiger partial charge on any atom is 0.326 e. The smallest absolute Gasteiger partial charge is 0.326 e. The van der Waals surface area contributed by atoms with Crippen molar-refractivity contribution >= 4 is 41.0 Å². The second kappa shape index (κ2) is 10.5. The maximum atomic E-state index is 12.6.